The lowest BCUT2D eigenvalue weighted by Gasteiger charge is -2.31. The van der Waals surface area contributed by atoms with Crippen molar-refractivity contribution in [1.82, 2.24) is 0 Å². The summed E-state index contributed by atoms with van der Waals surface area (Å²) in [5.74, 6) is 0.466. The van der Waals surface area contributed by atoms with E-state index in [1.165, 1.54) is 18.4 Å². The molecule has 0 saturated carbocycles. The van der Waals surface area contributed by atoms with Crippen LogP contribution >= 0.6 is 11.6 Å². The van der Waals surface area contributed by atoms with Crippen molar-refractivity contribution in [3.8, 4) is 0 Å². The van der Waals surface area contributed by atoms with E-state index in [0.29, 0.717) is 5.92 Å². The first-order chi connectivity index (χ1) is 9.37. The second-order valence-electron chi connectivity index (χ2n) is 6.31. The summed E-state index contributed by atoms with van der Waals surface area (Å²) in [6.45, 7) is 13.5. The van der Waals surface area contributed by atoms with Gasteiger partial charge in [-0.15, -0.1) is 0 Å². The minimum Gasteiger partial charge on any atom is -0.246 e. The van der Waals surface area contributed by atoms with Crippen LogP contribution in [-0.2, 0) is 0 Å². The molecular weight excluding hydrogens is 266 g/mol. The molecule has 0 aromatic heterocycles. The van der Waals surface area contributed by atoms with Gasteiger partial charge in [0.25, 0.3) is 0 Å². The average Bonchev–Trinajstić information content (AvgIpc) is 2.49. The Morgan fingerprint density at radius 3 is 2.40 bits per heavy atom. The average molecular weight is 296 g/mol. The van der Waals surface area contributed by atoms with Crippen molar-refractivity contribution in [2.24, 2.45) is 16.3 Å². The highest BCUT2D eigenvalue weighted by Gasteiger charge is 2.26. The molecule has 0 aromatic carbocycles. The monoisotopic (exact) mass is 295 g/mol. The van der Waals surface area contributed by atoms with Crippen LogP contribution in [0.2, 0.25) is 0 Å². The lowest BCUT2D eigenvalue weighted by molar-refractivity contribution is 0.357. The molecule has 0 fully saturated rings. The first-order valence-electron chi connectivity index (χ1n) is 8.00. The molecule has 0 saturated heterocycles. The SMILES string of the molecule is CC/C1=C(\Cl)N=C(C)C(C)C/C=C(\C(C)(CC)CC)C1. The van der Waals surface area contributed by atoms with E-state index in [1.54, 1.807) is 5.57 Å². The van der Waals surface area contributed by atoms with Crippen LogP contribution in [0.25, 0.3) is 0 Å². The number of hydrogen-bond donors (Lipinski definition) is 0. The van der Waals surface area contributed by atoms with Crippen molar-refractivity contribution in [2.45, 2.75) is 73.6 Å². The molecule has 0 aromatic rings. The summed E-state index contributed by atoms with van der Waals surface area (Å²) in [5.41, 5.74) is 4.26. The predicted octanol–water partition coefficient (Wildman–Crippen LogP) is 6.49. The van der Waals surface area contributed by atoms with Crippen molar-refractivity contribution in [1.29, 1.82) is 0 Å². The Labute approximate surface area is 130 Å². The summed E-state index contributed by atoms with van der Waals surface area (Å²) < 4.78 is 0. The molecule has 0 N–H and O–H groups in total. The van der Waals surface area contributed by atoms with Gasteiger partial charge in [0.2, 0.25) is 0 Å². The molecule has 2 heteroatoms. The summed E-state index contributed by atoms with van der Waals surface area (Å²) in [5, 5.41) is 0.721. The Bertz CT molecular complexity index is 425. The van der Waals surface area contributed by atoms with E-state index in [0.717, 1.165) is 30.1 Å². The van der Waals surface area contributed by atoms with E-state index in [1.807, 2.05) is 0 Å². The van der Waals surface area contributed by atoms with Gasteiger partial charge in [0.05, 0.1) is 0 Å². The Morgan fingerprint density at radius 1 is 1.30 bits per heavy atom. The molecule has 0 spiro atoms. The lowest BCUT2D eigenvalue weighted by atomic mass is 9.74. The Morgan fingerprint density at radius 2 is 1.90 bits per heavy atom. The highest BCUT2D eigenvalue weighted by molar-refractivity contribution is 6.30. The summed E-state index contributed by atoms with van der Waals surface area (Å²) in [6, 6.07) is 0. The first kappa shape index (κ1) is 17.5. The molecule has 0 bridgehead atoms. The van der Waals surface area contributed by atoms with Crippen molar-refractivity contribution >= 4 is 17.3 Å². The smallest absolute Gasteiger partial charge is 0.128 e. The second-order valence-corrected chi connectivity index (χ2v) is 6.67. The Balaban J connectivity index is 3.26. The maximum atomic E-state index is 6.46. The lowest BCUT2D eigenvalue weighted by Crippen LogP contribution is -2.18. The van der Waals surface area contributed by atoms with Gasteiger partial charge >= 0.3 is 0 Å². The van der Waals surface area contributed by atoms with Crippen molar-refractivity contribution < 1.29 is 0 Å². The maximum absolute atomic E-state index is 6.46. The molecule has 0 amide bonds. The Kier molecular flexibility index (Phi) is 6.51. The van der Waals surface area contributed by atoms with Crippen LogP contribution in [0, 0.1) is 11.3 Å². The van der Waals surface area contributed by atoms with Gasteiger partial charge in [-0.1, -0.05) is 57.9 Å². The van der Waals surface area contributed by atoms with Crippen molar-refractivity contribution in [2.75, 3.05) is 0 Å². The van der Waals surface area contributed by atoms with Gasteiger partial charge in [-0.25, -0.2) is 4.99 Å². The van der Waals surface area contributed by atoms with Crippen LogP contribution < -0.4 is 0 Å². The zero-order valence-corrected chi connectivity index (χ0v) is 14.8. The molecule has 114 valence electrons. The predicted molar refractivity (Wildman–Crippen MR) is 91.4 cm³/mol. The Hall–Kier alpha value is -0.560. The highest BCUT2D eigenvalue weighted by Crippen LogP contribution is 2.40. The number of halogens is 1. The van der Waals surface area contributed by atoms with Gasteiger partial charge in [-0.3, -0.25) is 0 Å². The third-order valence-electron chi connectivity index (χ3n) is 5.16. The molecule has 0 radical (unpaired) electrons. The summed E-state index contributed by atoms with van der Waals surface area (Å²) in [6.07, 6.45) is 7.85. The van der Waals surface area contributed by atoms with E-state index >= 15 is 0 Å². The quantitative estimate of drug-likeness (QED) is 0.415. The number of allylic oxidation sites excluding steroid dienone is 3. The molecule has 1 rings (SSSR count). The molecule has 1 unspecified atom stereocenters. The fraction of sp³-hybridized carbons (Fsp3) is 0.722. The van der Waals surface area contributed by atoms with Crippen LogP contribution in [0.5, 0.6) is 0 Å². The number of hydrogen-bond acceptors (Lipinski definition) is 1. The van der Waals surface area contributed by atoms with Crippen LogP contribution in [0.3, 0.4) is 0 Å². The standard InChI is InChI=1S/C18H30ClN/c1-7-15-12-16(18(6,8-2)9-3)11-10-13(4)14(5)20-17(15)19/h11,13H,7-10,12H2,1-6H3/b16-11-,17-15-,20-14?. The maximum Gasteiger partial charge on any atom is 0.128 e. The van der Waals surface area contributed by atoms with Gasteiger partial charge < -0.3 is 0 Å². The third kappa shape index (κ3) is 3.97. The summed E-state index contributed by atoms with van der Waals surface area (Å²) in [7, 11) is 0. The molecule has 1 heterocycles. The zero-order valence-electron chi connectivity index (χ0n) is 14.0. The van der Waals surface area contributed by atoms with E-state index in [2.05, 4.69) is 52.6 Å². The van der Waals surface area contributed by atoms with Crippen LogP contribution in [0.4, 0.5) is 0 Å². The molecule has 1 atom stereocenters. The molecule has 1 nitrogen and oxygen atoms in total. The summed E-state index contributed by atoms with van der Waals surface area (Å²) in [4.78, 5) is 4.63. The second kappa shape index (κ2) is 7.45. The number of rotatable bonds is 4. The highest BCUT2D eigenvalue weighted by atomic mass is 35.5. The van der Waals surface area contributed by atoms with E-state index in [9.17, 15) is 0 Å². The molecule has 1 aliphatic heterocycles. The molecule has 20 heavy (non-hydrogen) atoms. The summed E-state index contributed by atoms with van der Waals surface area (Å²) >= 11 is 6.46. The number of aliphatic imine (C=N–C) groups is 1. The molecule has 1 aliphatic rings. The normalized spacial score (nSPS) is 28.1. The van der Waals surface area contributed by atoms with Crippen LogP contribution in [0.15, 0.2) is 27.4 Å². The zero-order chi connectivity index (χ0) is 15.3. The largest absolute Gasteiger partial charge is 0.246 e. The third-order valence-corrected chi connectivity index (χ3v) is 5.52. The van der Waals surface area contributed by atoms with Gasteiger partial charge in [0, 0.05) is 5.71 Å². The van der Waals surface area contributed by atoms with E-state index in [-0.39, 0.29) is 5.41 Å². The van der Waals surface area contributed by atoms with Crippen LogP contribution in [-0.4, -0.2) is 5.71 Å². The van der Waals surface area contributed by atoms with Crippen LogP contribution in [0.1, 0.15) is 73.6 Å². The fourth-order valence-corrected chi connectivity index (χ4v) is 2.98. The number of nitrogens with zero attached hydrogens (tertiary/aromatic N) is 1. The van der Waals surface area contributed by atoms with E-state index in [4.69, 9.17) is 11.6 Å². The van der Waals surface area contributed by atoms with Crippen molar-refractivity contribution in [3.63, 3.8) is 0 Å². The minimum atomic E-state index is 0.287. The molecule has 0 aliphatic carbocycles. The van der Waals surface area contributed by atoms with Gasteiger partial charge in [0.15, 0.2) is 0 Å². The van der Waals surface area contributed by atoms with Gasteiger partial charge in [0.1, 0.15) is 5.16 Å². The fourth-order valence-electron chi connectivity index (χ4n) is 2.64. The molecular formula is C18H30ClN. The first-order valence-corrected chi connectivity index (χ1v) is 8.37. The van der Waals surface area contributed by atoms with Gasteiger partial charge in [-0.05, 0) is 55.9 Å². The minimum absolute atomic E-state index is 0.287. The van der Waals surface area contributed by atoms with E-state index < -0.39 is 0 Å². The van der Waals surface area contributed by atoms with Crippen molar-refractivity contribution in [3.05, 3.63) is 22.4 Å². The topological polar surface area (TPSA) is 12.4 Å². The van der Waals surface area contributed by atoms with Gasteiger partial charge in [-0.2, -0.15) is 0 Å².